The monoisotopic (exact) mass is 395 g/mol. The van der Waals surface area contributed by atoms with E-state index >= 15 is 0 Å². The van der Waals surface area contributed by atoms with Gasteiger partial charge >= 0.3 is 0 Å². The lowest BCUT2D eigenvalue weighted by molar-refractivity contribution is 0.0858. The van der Waals surface area contributed by atoms with Crippen LogP contribution < -0.4 is 14.9 Å². The molecule has 1 atom stereocenters. The highest BCUT2D eigenvalue weighted by Crippen LogP contribution is 2.24. The largest absolute Gasteiger partial charge is 0.376 e. The molecule has 8 heteroatoms. The average Bonchev–Trinajstić information content (AvgIpc) is 3.20. The third-order valence-electron chi connectivity index (χ3n) is 5.22. The summed E-state index contributed by atoms with van der Waals surface area (Å²) in [6.45, 7) is 4.38. The van der Waals surface area contributed by atoms with Gasteiger partial charge in [0.15, 0.2) is 0 Å². The van der Waals surface area contributed by atoms with Crippen molar-refractivity contribution >= 4 is 21.6 Å². The van der Waals surface area contributed by atoms with Gasteiger partial charge in [-0.05, 0) is 44.7 Å². The molecule has 2 heterocycles. The first kappa shape index (κ1) is 20.1. The maximum absolute atomic E-state index is 12.7. The highest BCUT2D eigenvalue weighted by molar-refractivity contribution is 7.89. The average molecular weight is 396 g/mol. The van der Waals surface area contributed by atoms with Crippen molar-refractivity contribution in [2.24, 2.45) is 0 Å². The molecule has 0 bridgehead atoms. The zero-order valence-electron chi connectivity index (χ0n) is 15.8. The fraction of sp³-hybridized carbons (Fsp3) is 0.632. The molecule has 1 aromatic carbocycles. The minimum Gasteiger partial charge on any atom is -0.376 e. The minimum atomic E-state index is -3.18. The molecule has 0 aliphatic carbocycles. The van der Waals surface area contributed by atoms with Crippen molar-refractivity contribution in [3.8, 4) is 0 Å². The van der Waals surface area contributed by atoms with E-state index in [1.165, 1.54) is 0 Å². The SMILES string of the molecule is CCS(=O)(=O)NC1CCN(c2ccccc2C(=O)NCC2CCCO2)CC1. The number of carbonyl (C=O) groups excluding carboxylic acids is 1. The van der Waals surface area contributed by atoms with Crippen LogP contribution in [-0.2, 0) is 14.8 Å². The second-order valence-corrected chi connectivity index (χ2v) is 9.19. The Hall–Kier alpha value is -1.64. The molecule has 2 N–H and O–H groups in total. The fourth-order valence-electron chi connectivity index (χ4n) is 3.62. The number of piperidine rings is 1. The predicted octanol–water partition coefficient (Wildman–Crippen LogP) is 1.50. The normalized spacial score (nSPS) is 21.4. The third kappa shape index (κ3) is 5.43. The van der Waals surface area contributed by atoms with Gasteiger partial charge < -0.3 is 15.0 Å². The lowest BCUT2D eigenvalue weighted by Crippen LogP contribution is -2.45. The van der Waals surface area contributed by atoms with Gasteiger partial charge in [-0.15, -0.1) is 0 Å². The number of anilines is 1. The van der Waals surface area contributed by atoms with Crippen LogP contribution in [0.2, 0.25) is 0 Å². The molecule has 2 aliphatic rings. The molecule has 150 valence electrons. The van der Waals surface area contributed by atoms with E-state index in [2.05, 4.69) is 14.9 Å². The molecule has 27 heavy (non-hydrogen) atoms. The van der Waals surface area contributed by atoms with Crippen LogP contribution in [0.5, 0.6) is 0 Å². The molecule has 2 fully saturated rings. The zero-order valence-corrected chi connectivity index (χ0v) is 16.6. The van der Waals surface area contributed by atoms with Crippen LogP contribution >= 0.6 is 0 Å². The minimum absolute atomic E-state index is 0.0355. The van der Waals surface area contributed by atoms with Gasteiger partial charge in [0.1, 0.15) is 0 Å². The molecular formula is C19H29N3O4S. The Balaban J connectivity index is 1.60. The molecule has 2 aliphatic heterocycles. The van der Waals surface area contributed by atoms with Crippen LogP contribution in [0.4, 0.5) is 5.69 Å². The number of benzene rings is 1. The molecule has 1 amide bonds. The van der Waals surface area contributed by atoms with Gasteiger partial charge in [0, 0.05) is 38.0 Å². The first-order chi connectivity index (χ1) is 13.0. The molecule has 1 aromatic rings. The quantitative estimate of drug-likeness (QED) is 0.731. The van der Waals surface area contributed by atoms with E-state index in [0.29, 0.717) is 25.2 Å². The number of nitrogens with zero attached hydrogens (tertiary/aromatic N) is 1. The van der Waals surface area contributed by atoms with Gasteiger partial charge in [0.05, 0.1) is 17.4 Å². The summed E-state index contributed by atoms with van der Waals surface area (Å²) in [4.78, 5) is 14.8. The van der Waals surface area contributed by atoms with Gasteiger partial charge in [-0.1, -0.05) is 12.1 Å². The molecule has 2 saturated heterocycles. The molecule has 0 aromatic heterocycles. The number of hydrogen-bond donors (Lipinski definition) is 2. The van der Waals surface area contributed by atoms with E-state index < -0.39 is 10.0 Å². The van der Waals surface area contributed by atoms with Crippen molar-refractivity contribution in [2.45, 2.75) is 44.8 Å². The Morgan fingerprint density at radius 3 is 2.63 bits per heavy atom. The number of amides is 1. The van der Waals surface area contributed by atoms with Crippen molar-refractivity contribution in [1.82, 2.24) is 10.0 Å². The number of nitrogens with one attached hydrogen (secondary N) is 2. The summed E-state index contributed by atoms with van der Waals surface area (Å²) in [7, 11) is -3.18. The first-order valence-electron chi connectivity index (χ1n) is 9.72. The second kappa shape index (κ2) is 9.03. The van der Waals surface area contributed by atoms with Crippen LogP contribution in [0.15, 0.2) is 24.3 Å². The third-order valence-corrected chi connectivity index (χ3v) is 6.68. The van der Waals surface area contributed by atoms with Crippen LogP contribution in [0.1, 0.15) is 43.0 Å². The summed E-state index contributed by atoms with van der Waals surface area (Å²) in [5, 5.41) is 2.99. The molecule has 0 saturated carbocycles. The number of hydrogen-bond acceptors (Lipinski definition) is 5. The van der Waals surface area contributed by atoms with Gasteiger partial charge in [-0.2, -0.15) is 0 Å². The summed E-state index contributed by atoms with van der Waals surface area (Å²) in [6.07, 6.45) is 3.61. The van der Waals surface area contributed by atoms with E-state index in [9.17, 15) is 13.2 Å². The highest BCUT2D eigenvalue weighted by atomic mass is 32.2. The fourth-order valence-corrected chi connectivity index (χ4v) is 4.53. The number of ether oxygens (including phenoxy) is 1. The molecular weight excluding hydrogens is 366 g/mol. The number of carbonyl (C=O) groups is 1. The van der Waals surface area contributed by atoms with E-state index in [-0.39, 0.29) is 23.8 Å². The Morgan fingerprint density at radius 1 is 1.22 bits per heavy atom. The lowest BCUT2D eigenvalue weighted by Gasteiger charge is -2.34. The van der Waals surface area contributed by atoms with Gasteiger partial charge in [0.2, 0.25) is 10.0 Å². The topological polar surface area (TPSA) is 87.7 Å². The second-order valence-electron chi connectivity index (χ2n) is 7.14. The van der Waals surface area contributed by atoms with Crippen molar-refractivity contribution in [3.63, 3.8) is 0 Å². The molecule has 0 radical (unpaired) electrons. The maximum Gasteiger partial charge on any atom is 0.253 e. The van der Waals surface area contributed by atoms with Gasteiger partial charge in [-0.3, -0.25) is 4.79 Å². The Kier molecular flexibility index (Phi) is 6.73. The summed E-state index contributed by atoms with van der Waals surface area (Å²) in [5.74, 6) is 0.0101. The van der Waals surface area contributed by atoms with Gasteiger partial charge in [0.25, 0.3) is 5.91 Å². The molecule has 1 unspecified atom stereocenters. The Labute approximate surface area is 161 Å². The summed E-state index contributed by atoms with van der Waals surface area (Å²) >= 11 is 0. The van der Waals surface area contributed by atoms with Crippen LogP contribution in [0, 0.1) is 0 Å². The maximum atomic E-state index is 12.7. The van der Waals surface area contributed by atoms with Crippen molar-refractivity contribution in [2.75, 3.05) is 36.9 Å². The van der Waals surface area contributed by atoms with Crippen LogP contribution in [0.25, 0.3) is 0 Å². The number of rotatable bonds is 7. The van der Waals surface area contributed by atoms with Crippen LogP contribution in [0.3, 0.4) is 0 Å². The lowest BCUT2D eigenvalue weighted by atomic mass is 10.0. The zero-order chi connectivity index (χ0) is 19.3. The molecule has 7 nitrogen and oxygen atoms in total. The van der Waals surface area contributed by atoms with Gasteiger partial charge in [-0.25, -0.2) is 13.1 Å². The number of sulfonamides is 1. The number of para-hydroxylation sites is 1. The highest BCUT2D eigenvalue weighted by Gasteiger charge is 2.25. The first-order valence-corrected chi connectivity index (χ1v) is 11.4. The van der Waals surface area contributed by atoms with E-state index in [4.69, 9.17) is 4.74 Å². The van der Waals surface area contributed by atoms with Crippen molar-refractivity contribution < 1.29 is 17.9 Å². The summed E-state index contributed by atoms with van der Waals surface area (Å²) < 4.78 is 31.8. The molecule has 3 rings (SSSR count). The summed E-state index contributed by atoms with van der Waals surface area (Å²) in [6, 6.07) is 7.56. The van der Waals surface area contributed by atoms with Crippen molar-refractivity contribution in [1.29, 1.82) is 0 Å². The van der Waals surface area contributed by atoms with E-state index in [0.717, 1.165) is 38.0 Å². The Bertz CT molecular complexity index is 739. The van der Waals surface area contributed by atoms with Crippen molar-refractivity contribution in [3.05, 3.63) is 29.8 Å². The smallest absolute Gasteiger partial charge is 0.253 e. The predicted molar refractivity (Wildman–Crippen MR) is 106 cm³/mol. The van der Waals surface area contributed by atoms with E-state index in [1.807, 2.05) is 24.3 Å². The van der Waals surface area contributed by atoms with E-state index in [1.54, 1.807) is 6.92 Å². The van der Waals surface area contributed by atoms with Crippen LogP contribution in [-0.4, -0.2) is 58.5 Å². The molecule has 0 spiro atoms. The summed E-state index contributed by atoms with van der Waals surface area (Å²) in [5.41, 5.74) is 1.56. The standard InChI is InChI=1S/C19H29N3O4S/c1-2-27(24,25)21-15-9-11-22(12-10-15)18-8-4-3-7-17(18)19(23)20-14-16-6-5-13-26-16/h3-4,7-8,15-16,21H,2,5-6,9-14H2,1H3,(H,20,23). The Morgan fingerprint density at radius 2 is 1.96 bits per heavy atom.